The van der Waals surface area contributed by atoms with Crippen LogP contribution < -0.4 is 0 Å². The van der Waals surface area contributed by atoms with Crippen LogP contribution in [0.1, 0.15) is 5.56 Å². The number of alkyl halides is 3. The van der Waals surface area contributed by atoms with Crippen LogP contribution in [0.2, 0.25) is 0 Å². The highest BCUT2D eigenvalue weighted by Gasteiger charge is 2.38. The van der Waals surface area contributed by atoms with E-state index in [-0.39, 0.29) is 5.56 Å². The van der Waals surface area contributed by atoms with E-state index in [1.807, 2.05) is 0 Å². The molecule has 0 aliphatic rings. The van der Waals surface area contributed by atoms with Crippen LogP contribution in [0.3, 0.4) is 0 Å². The van der Waals surface area contributed by atoms with E-state index in [0.29, 0.717) is 0 Å². The number of rotatable bonds is 2. The molecule has 0 spiro atoms. The summed E-state index contributed by atoms with van der Waals surface area (Å²) in [7, 11) is 0. The molecule has 0 aliphatic heterocycles. The summed E-state index contributed by atoms with van der Waals surface area (Å²) in [5.41, 5.74) is 0.00910. The largest absolute Gasteiger partial charge is 0.414 e. The lowest BCUT2D eigenvalue weighted by atomic mass is 10.1. The zero-order valence-electron chi connectivity index (χ0n) is 6.92. The molecule has 1 aromatic heterocycles. The van der Waals surface area contributed by atoms with E-state index in [1.165, 1.54) is 0 Å². The first-order valence-electron chi connectivity index (χ1n) is 3.74. The Morgan fingerprint density at radius 2 is 2.00 bits per heavy atom. The van der Waals surface area contributed by atoms with E-state index < -0.39 is 24.5 Å². The van der Waals surface area contributed by atoms with Crippen molar-refractivity contribution in [2.45, 2.75) is 18.7 Å². The van der Waals surface area contributed by atoms with Gasteiger partial charge in [-0.1, -0.05) is 0 Å². The van der Waals surface area contributed by atoms with Crippen molar-refractivity contribution in [1.29, 1.82) is 0 Å². The van der Waals surface area contributed by atoms with Crippen LogP contribution in [0.15, 0.2) is 18.5 Å². The molecular weight excluding hydrogens is 202 g/mol. The minimum absolute atomic E-state index is 0.00910. The molecule has 0 amide bonds. The van der Waals surface area contributed by atoms with Crippen molar-refractivity contribution < 1.29 is 22.7 Å². The summed E-state index contributed by atoms with van der Waals surface area (Å²) in [4.78, 5) is 3.37. The molecule has 14 heavy (non-hydrogen) atoms. The lowest BCUT2D eigenvalue weighted by molar-refractivity contribution is -0.203. The Kier molecular flexibility index (Phi) is 3.05. The highest BCUT2D eigenvalue weighted by atomic mass is 19.4. The van der Waals surface area contributed by atoms with Crippen molar-refractivity contribution >= 4 is 0 Å². The summed E-state index contributed by atoms with van der Waals surface area (Å²) < 4.78 is 48.1. The third-order valence-corrected chi connectivity index (χ3v) is 1.57. The van der Waals surface area contributed by atoms with Gasteiger partial charge in [0.2, 0.25) is 0 Å². The Morgan fingerprint density at radius 1 is 1.36 bits per heavy atom. The topological polar surface area (TPSA) is 33.1 Å². The summed E-state index contributed by atoms with van der Waals surface area (Å²) >= 11 is 0. The van der Waals surface area contributed by atoms with E-state index >= 15 is 0 Å². The number of aliphatic hydroxyl groups is 1. The standard InChI is InChI=1S/C8H7F4NO/c9-6-1-5(3-13-4-6)2-7(14)8(10,11)12/h1,3-4,7,14H,2H2. The molecular formula is C8H7F4NO. The maximum atomic E-state index is 12.5. The van der Waals surface area contributed by atoms with Gasteiger partial charge in [0, 0.05) is 12.6 Å². The third kappa shape index (κ3) is 2.95. The van der Waals surface area contributed by atoms with E-state index in [1.54, 1.807) is 0 Å². The zero-order valence-corrected chi connectivity index (χ0v) is 6.92. The van der Waals surface area contributed by atoms with E-state index in [9.17, 15) is 17.6 Å². The van der Waals surface area contributed by atoms with Gasteiger partial charge in [-0.05, 0) is 11.6 Å². The van der Waals surface area contributed by atoms with Crippen LogP contribution in [0, 0.1) is 5.82 Å². The molecule has 1 rings (SSSR count). The van der Waals surface area contributed by atoms with Gasteiger partial charge < -0.3 is 5.11 Å². The van der Waals surface area contributed by atoms with Gasteiger partial charge in [-0.3, -0.25) is 4.98 Å². The summed E-state index contributed by atoms with van der Waals surface area (Å²) in [6.07, 6.45) is -5.90. The number of halogens is 4. The summed E-state index contributed by atoms with van der Waals surface area (Å²) in [5.74, 6) is -0.725. The third-order valence-electron chi connectivity index (χ3n) is 1.57. The summed E-state index contributed by atoms with van der Waals surface area (Å²) in [6.45, 7) is 0. The molecule has 0 bridgehead atoms. The van der Waals surface area contributed by atoms with Crippen LogP contribution in [-0.4, -0.2) is 22.4 Å². The van der Waals surface area contributed by atoms with Gasteiger partial charge in [-0.2, -0.15) is 13.2 Å². The highest BCUT2D eigenvalue weighted by molar-refractivity contribution is 5.11. The predicted molar refractivity (Wildman–Crippen MR) is 40.0 cm³/mol. The minimum Gasteiger partial charge on any atom is -0.383 e. The molecule has 0 aromatic carbocycles. The summed E-state index contributed by atoms with van der Waals surface area (Å²) in [5, 5.41) is 8.65. The van der Waals surface area contributed by atoms with Gasteiger partial charge >= 0.3 is 6.18 Å². The number of hydrogen-bond donors (Lipinski definition) is 1. The average Bonchev–Trinajstić information content (AvgIpc) is 2.02. The van der Waals surface area contributed by atoms with Gasteiger partial charge in [-0.15, -0.1) is 0 Å². The van der Waals surface area contributed by atoms with Gasteiger partial charge in [0.05, 0.1) is 6.20 Å². The van der Waals surface area contributed by atoms with E-state index in [4.69, 9.17) is 5.11 Å². The zero-order chi connectivity index (χ0) is 10.8. The first-order chi connectivity index (χ1) is 6.39. The quantitative estimate of drug-likeness (QED) is 0.752. The maximum Gasteiger partial charge on any atom is 0.414 e. The molecule has 78 valence electrons. The second-order valence-corrected chi connectivity index (χ2v) is 2.77. The smallest absolute Gasteiger partial charge is 0.383 e. The van der Waals surface area contributed by atoms with E-state index in [2.05, 4.69) is 4.98 Å². The molecule has 0 fully saturated rings. The van der Waals surface area contributed by atoms with Crippen molar-refractivity contribution in [1.82, 2.24) is 4.98 Å². The minimum atomic E-state index is -4.69. The lowest BCUT2D eigenvalue weighted by Gasteiger charge is -2.13. The monoisotopic (exact) mass is 209 g/mol. The Bertz CT molecular complexity index is 312. The maximum absolute atomic E-state index is 12.5. The molecule has 2 nitrogen and oxygen atoms in total. The fraction of sp³-hybridized carbons (Fsp3) is 0.375. The van der Waals surface area contributed by atoms with Gasteiger partial charge in [0.25, 0.3) is 0 Å². The number of nitrogens with zero attached hydrogens (tertiary/aromatic N) is 1. The Labute approximate surface area is 77.2 Å². The molecule has 0 saturated heterocycles. The molecule has 1 heterocycles. The Hall–Kier alpha value is -1.17. The number of aromatic nitrogens is 1. The molecule has 0 radical (unpaired) electrons. The molecule has 1 aromatic rings. The first-order valence-corrected chi connectivity index (χ1v) is 3.74. The van der Waals surface area contributed by atoms with Crippen molar-refractivity contribution in [3.63, 3.8) is 0 Å². The highest BCUT2D eigenvalue weighted by Crippen LogP contribution is 2.22. The Balaban J connectivity index is 2.70. The lowest BCUT2D eigenvalue weighted by Crippen LogP contribution is -2.30. The van der Waals surface area contributed by atoms with Crippen LogP contribution in [0.5, 0.6) is 0 Å². The molecule has 1 unspecified atom stereocenters. The van der Waals surface area contributed by atoms with Gasteiger partial charge in [-0.25, -0.2) is 4.39 Å². The molecule has 1 atom stereocenters. The number of hydrogen-bond acceptors (Lipinski definition) is 2. The van der Waals surface area contributed by atoms with Crippen molar-refractivity contribution in [3.8, 4) is 0 Å². The van der Waals surface area contributed by atoms with Gasteiger partial charge in [0.1, 0.15) is 5.82 Å². The van der Waals surface area contributed by atoms with Crippen LogP contribution in [0.4, 0.5) is 17.6 Å². The van der Waals surface area contributed by atoms with Gasteiger partial charge in [0.15, 0.2) is 6.10 Å². The molecule has 1 N–H and O–H groups in total. The first kappa shape index (κ1) is 10.9. The number of aliphatic hydroxyl groups excluding tert-OH is 1. The summed E-state index contributed by atoms with van der Waals surface area (Å²) in [6, 6.07) is 0.905. The van der Waals surface area contributed by atoms with Crippen LogP contribution in [0.25, 0.3) is 0 Å². The van der Waals surface area contributed by atoms with E-state index in [0.717, 1.165) is 18.5 Å². The van der Waals surface area contributed by atoms with Crippen molar-refractivity contribution in [2.75, 3.05) is 0 Å². The fourth-order valence-corrected chi connectivity index (χ4v) is 0.906. The second-order valence-electron chi connectivity index (χ2n) is 2.77. The number of pyridine rings is 1. The molecule has 6 heteroatoms. The SMILES string of the molecule is OC(Cc1cncc(F)c1)C(F)(F)F. The Morgan fingerprint density at radius 3 is 2.50 bits per heavy atom. The van der Waals surface area contributed by atoms with Crippen molar-refractivity contribution in [2.24, 2.45) is 0 Å². The van der Waals surface area contributed by atoms with Crippen molar-refractivity contribution in [3.05, 3.63) is 29.8 Å². The molecule has 0 aliphatic carbocycles. The fourth-order valence-electron chi connectivity index (χ4n) is 0.906. The average molecular weight is 209 g/mol. The van der Waals surface area contributed by atoms with Crippen LogP contribution >= 0.6 is 0 Å². The second kappa shape index (κ2) is 3.91. The van der Waals surface area contributed by atoms with Crippen LogP contribution in [-0.2, 0) is 6.42 Å². The normalized spacial score (nSPS) is 14.1. The predicted octanol–water partition coefficient (Wildman–Crippen LogP) is 1.69. The molecule has 0 saturated carbocycles.